The lowest BCUT2D eigenvalue weighted by Crippen LogP contribution is -2.16. The number of ether oxygens (including phenoxy) is 1. The SMILES string of the molecule is CCOC(=O)n1c(O)c(C(=Nc2ccc(CN(C)C)c(C(F)(F)F)c2)c2ccccc2)c2ccccc21. The van der Waals surface area contributed by atoms with E-state index in [-0.39, 0.29) is 35.7 Å². The first kappa shape index (κ1) is 26.0. The number of carbonyl (C=O) groups is 1. The van der Waals surface area contributed by atoms with Gasteiger partial charge < -0.3 is 14.7 Å². The molecular formula is C28H26F3N3O3. The number of alkyl halides is 3. The minimum atomic E-state index is -4.58. The van der Waals surface area contributed by atoms with Gasteiger partial charge >= 0.3 is 12.3 Å². The molecule has 0 fully saturated rings. The Morgan fingerprint density at radius 2 is 1.70 bits per heavy atom. The lowest BCUT2D eigenvalue weighted by molar-refractivity contribution is -0.138. The zero-order valence-electron chi connectivity index (χ0n) is 20.6. The summed E-state index contributed by atoms with van der Waals surface area (Å²) in [6.45, 7) is 1.86. The van der Waals surface area contributed by atoms with Crippen molar-refractivity contribution in [2.24, 2.45) is 4.99 Å². The fourth-order valence-electron chi connectivity index (χ4n) is 4.20. The zero-order chi connectivity index (χ0) is 26.7. The molecule has 0 aliphatic carbocycles. The second-order valence-electron chi connectivity index (χ2n) is 8.65. The quantitative estimate of drug-likeness (QED) is 0.298. The molecule has 0 atom stereocenters. The Balaban J connectivity index is 1.99. The Kier molecular flexibility index (Phi) is 7.35. The Morgan fingerprint density at radius 1 is 1.03 bits per heavy atom. The first-order valence-electron chi connectivity index (χ1n) is 11.6. The van der Waals surface area contributed by atoms with Crippen LogP contribution >= 0.6 is 0 Å². The summed E-state index contributed by atoms with van der Waals surface area (Å²) in [5.41, 5.74) is 0.755. The average molecular weight is 510 g/mol. The van der Waals surface area contributed by atoms with Crippen molar-refractivity contribution >= 4 is 28.4 Å². The molecule has 1 heterocycles. The highest BCUT2D eigenvalue weighted by Gasteiger charge is 2.34. The molecular weight excluding hydrogens is 483 g/mol. The maximum Gasteiger partial charge on any atom is 0.421 e. The molecule has 192 valence electrons. The van der Waals surface area contributed by atoms with Crippen molar-refractivity contribution < 1.29 is 27.8 Å². The number of aliphatic imine (C=N–C) groups is 1. The summed E-state index contributed by atoms with van der Waals surface area (Å²) >= 11 is 0. The van der Waals surface area contributed by atoms with Gasteiger partial charge in [0.1, 0.15) is 0 Å². The van der Waals surface area contributed by atoms with E-state index in [1.807, 2.05) is 0 Å². The number of fused-ring (bicyclic) bond motifs is 1. The Morgan fingerprint density at radius 3 is 2.35 bits per heavy atom. The van der Waals surface area contributed by atoms with Gasteiger partial charge in [-0.25, -0.2) is 14.4 Å². The van der Waals surface area contributed by atoms with Gasteiger partial charge in [-0.05, 0) is 44.8 Å². The molecule has 0 saturated heterocycles. The summed E-state index contributed by atoms with van der Waals surface area (Å²) in [5, 5.41) is 11.7. The van der Waals surface area contributed by atoms with Crippen molar-refractivity contribution in [1.82, 2.24) is 9.47 Å². The number of benzene rings is 3. The number of nitrogens with zero attached hydrogens (tertiary/aromatic N) is 3. The predicted molar refractivity (Wildman–Crippen MR) is 137 cm³/mol. The first-order chi connectivity index (χ1) is 17.6. The van der Waals surface area contributed by atoms with Gasteiger partial charge in [-0.1, -0.05) is 54.6 Å². The minimum Gasteiger partial charge on any atom is -0.494 e. The Hall–Kier alpha value is -4.11. The number of halogens is 3. The first-order valence-corrected chi connectivity index (χ1v) is 11.6. The second-order valence-corrected chi connectivity index (χ2v) is 8.65. The normalized spacial score (nSPS) is 12.4. The van der Waals surface area contributed by atoms with Crippen molar-refractivity contribution in [3.8, 4) is 5.88 Å². The van der Waals surface area contributed by atoms with Gasteiger partial charge in [0.2, 0.25) is 5.88 Å². The molecule has 0 aliphatic heterocycles. The van der Waals surface area contributed by atoms with E-state index >= 15 is 0 Å². The standard InChI is InChI=1S/C28H26F3N3O3/c1-4-37-27(36)34-23-13-9-8-12-21(23)24(26(34)35)25(18-10-6-5-7-11-18)32-20-15-14-19(17-33(2)3)22(16-20)28(29,30)31/h5-16,35H,4,17H2,1-3H3. The maximum absolute atomic E-state index is 13.9. The molecule has 6 nitrogen and oxygen atoms in total. The van der Waals surface area contributed by atoms with Crippen LogP contribution in [0.4, 0.5) is 23.7 Å². The Bertz CT molecular complexity index is 1460. The number of hydrogen-bond donors (Lipinski definition) is 1. The fraction of sp³-hybridized carbons (Fsp3) is 0.214. The van der Waals surface area contributed by atoms with Crippen LogP contribution in [-0.2, 0) is 17.5 Å². The van der Waals surface area contributed by atoms with E-state index in [0.29, 0.717) is 16.5 Å². The van der Waals surface area contributed by atoms with E-state index in [4.69, 9.17) is 4.74 Å². The minimum absolute atomic E-state index is 0.0565. The molecule has 0 aliphatic rings. The molecule has 0 radical (unpaired) electrons. The smallest absolute Gasteiger partial charge is 0.421 e. The van der Waals surface area contributed by atoms with E-state index < -0.39 is 23.7 Å². The van der Waals surface area contributed by atoms with Crippen molar-refractivity contribution in [3.63, 3.8) is 0 Å². The highest BCUT2D eigenvalue weighted by molar-refractivity contribution is 6.23. The van der Waals surface area contributed by atoms with Gasteiger partial charge in [-0.3, -0.25) is 0 Å². The molecule has 9 heteroatoms. The number of aromatic hydroxyl groups is 1. The predicted octanol–water partition coefficient (Wildman–Crippen LogP) is 6.60. The van der Waals surface area contributed by atoms with E-state index in [1.165, 1.54) is 12.1 Å². The second kappa shape index (κ2) is 10.5. The third kappa shape index (κ3) is 5.36. The van der Waals surface area contributed by atoms with Crippen LogP contribution in [0.3, 0.4) is 0 Å². The van der Waals surface area contributed by atoms with Crippen molar-refractivity contribution in [1.29, 1.82) is 0 Å². The van der Waals surface area contributed by atoms with Crippen LogP contribution in [-0.4, -0.2) is 47.1 Å². The zero-order valence-corrected chi connectivity index (χ0v) is 20.6. The molecule has 4 rings (SSSR count). The number of aromatic nitrogens is 1. The van der Waals surface area contributed by atoms with E-state index in [2.05, 4.69) is 4.99 Å². The largest absolute Gasteiger partial charge is 0.494 e. The van der Waals surface area contributed by atoms with E-state index in [1.54, 1.807) is 80.5 Å². The monoisotopic (exact) mass is 509 g/mol. The van der Waals surface area contributed by atoms with Crippen molar-refractivity contribution in [2.75, 3.05) is 20.7 Å². The van der Waals surface area contributed by atoms with Gasteiger partial charge in [0.25, 0.3) is 0 Å². The highest BCUT2D eigenvalue weighted by Crippen LogP contribution is 2.37. The van der Waals surface area contributed by atoms with Crippen LogP contribution < -0.4 is 0 Å². The summed E-state index contributed by atoms with van der Waals surface area (Å²) < 4.78 is 48.0. The molecule has 0 bridgehead atoms. The third-order valence-electron chi connectivity index (χ3n) is 5.71. The molecule has 3 aromatic carbocycles. The third-order valence-corrected chi connectivity index (χ3v) is 5.71. The van der Waals surface area contributed by atoms with Crippen molar-refractivity contribution in [2.45, 2.75) is 19.6 Å². The van der Waals surface area contributed by atoms with Gasteiger partial charge in [0, 0.05) is 17.5 Å². The van der Waals surface area contributed by atoms with Gasteiger partial charge in [-0.15, -0.1) is 0 Å². The lowest BCUT2D eigenvalue weighted by Gasteiger charge is -2.17. The highest BCUT2D eigenvalue weighted by atomic mass is 19.4. The van der Waals surface area contributed by atoms with Crippen LogP contribution in [0.1, 0.15) is 29.2 Å². The number of carbonyl (C=O) groups excluding carboxylic acids is 1. The molecule has 1 aromatic heterocycles. The molecule has 0 saturated carbocycles. The van der Waals surface area contributed by atoms with Crippen LogP contribution in [0.5, 0.6) is 5.88 Å². The van der Waals surface area contributed by atoms with Crippen LogP contribution in [0.15, 0.2) is 77.8 Å². The molecule has 4 aromatic rings. The summed E-state index contributed by atoms with van der Waals surface area (Å²) in [4.78, 5) is 19.0. The van der Waals surface area contributed by atoms with Crippen LogP contribution in [0.25, 0.3) is 10.9 Å². The average Bonchev–Trinajstić information content (AvgIpc) is 3.14. The van der Waals surface area contributed by atoms with Gasteiger partial charge in [-0.2, -0.15) is 13.2 Å². The fourth-order valence-corrected chi connectivity index (χ4v) is 4.20. The molecule has 37 heavy (non-hydrogen) atoms. The molecule has 0 spiro atoms. The lowest BCUT2D eigenvalue weighted by atomic mass is 10.0. The van der Waals surface area contributed by atoms with E-state index in [9.17, 15) is 23.1 Å². The molecule has 0 amide bonds. The maximum atomic E-state index is 13.9. The number of hydrogen-bond acceptors (Lipinski definition) is 5. The van der Waals surface area contributed by atoms with Gasteiger partial charge in [0.05, 0.1) is 34.6 Å². The van der Waals surface area contributed by atoms with Crippen LogP contribution in [0, 0.1) is 0 Å². The topological polar surface area (TPSA) is 67.1 Å². The summed E-state index contributed by atoms with van der Waals surface area (Å²) in [6, 6.07) is 19.5. The Labute approximate surface area is 212 Å². The van der Waals surface area contributed by atoms with Crippen molar-refractivity contribution in [3.05, 3.63) is 95.1 Å². The summed E-state index contributed by atoms with van der Waals surface area (Å²) in [7, 11) is 3.39. The van der Waals surface area contributed by atoms with Gasteiger partial charge in [0.15, 0.2) is 0 Å². The molecule has 1 N–H and O–H groups in total. The summed E-state index contributed by atoms with van der Waals surface area (Å²) in [5.74, 6) is -0.414. The number of para-hydroxylation sites is 1. The molecule has 0 unspecified atom stereocenters. The van der Waals surface area contributed by atoms with E-state index in [0.717, 1.165) is 10.6 Å². The number of rotatable bonds is 6. The summed E-state index contributed by atoms with van der Waals surface area (Å²) in [6.07, 6.45) is -5.35. The van der Waals surface area contributed by atoms with Crippen LogP contribution in [0.2, 0.25) is 0 Å².